The average Bonchev–Trinajstić information content (AvgIpc) is 2.99. The molecule has 1 saturated heterocycles. The second-order valence-corrected chi connectivity index (χ2v) is 6.48. The van der Waals surface area contributed by atoms with Crippen molar-refractivity contribution >= 4 is 11.8 Å². The number of hydrogen-bond acceptors (Lipinski definition) is 7. The predicted octanol–water partition coefficient (Wildman–Crippen LogP) is 1.46. The van der Waals surface area contributed by atoms with Crippen LogP contribution in [-0.4, -0.2) is 35.0 Å². The fourth-order valence-corrected chi connectivity index (χ4v) is 2.38. The summed E-state index contributed by atoms with van der Waals surface area (Å²) in [5.41, 5.74) is 4.41. The summed E-state index contributed by atoms with van der Waals surface area (Å²) in [5.74, 6) is -0.132. The standard InChI is InChI=1S/C16H25N3O5/c1-4-5-7-16(2,3)14(20)23-10-13-22-9-12(24-13)19-8-6-11(17)18-15(19)21/h6,8,12-13H,4-5,7,9-10H2,1-3H3,(H2,17,18,21)/t12-,13-/m0/s1. The van der Waals surface area contributed by atoms with E-state index in [2.05, 4.69) is 11.9 Å². The van der Waals surface area contributed by atoms with Crippen LogP contribution in [0.25, 0.3) is 0 Å². The van der Waals surface area contributed by atoms with Crippen molar-refractivity contribution < 1.29 is 19.0 Å². The van der Waals surface area contributed by atoms with Crippen molar-refractivity contribution in [3.05, 3.63) is 22.7 Å². The van der Waals surface area contributed by atoms with Crippen LogP contribution in [0.4, 0.5) is 5.82 Å². The van der Waals surface area contributed by atoms with Gasteiger partial charge in [0, 0.05) is 6.20 Å². The number of nitrogens with two attached hydrogens (primary N) is 1. The Hall–Kier alpha value is -1.93. The zero-order chi connectivity index (χ0) is 17.7. The van der Waals surface area contributed by atoms with Crippen LogP contribution in [-0.2, 0) is 19.0 Å². The van der Waals surface area contributed by atoms with E-state index in [4.69, 9.17) is 19.9 Å². The topological polar surface area (TPSA) is 106 Å². The van der Waals surface area contributed by atoms with Crippen molar-refractivity contribution in [2.45, 2.75) is 52.6 Å². The molecular weight excluding hydrogens is 314 g/mol. The molecule has 0 amide bonds. The van der Waals surface area contributed by atoms with Crippen LogP contribution >= 0.6 is 0 Å². The Balaban J connectivity index is 1.86. The molecule has 0 spiro atoms. The smallest absolute Gasteiger partial charge is 0.351 e. The van der Waals surface area contributed by atoms with Gasteiger partial charge in [-0.3, -0.25) is 9.36 Å². The lowest BCUT2D eigenvalue weighted by atomic mass is 9.87. The van der Waals surface area contributed by atoms with Crippen molar-refractivity contribution in [1.82, 2.24) is 9.55 Å². The SMILES string of the molecule is CCCCC(C)(C)C(=O)OC[C@H]1OC[C@@H](n2ccc(N)nc2=O)O1. The van der Waals surface area contributed by atoms with E-state index in [1.807, 2.05) is 13.8 Å². The van der Waals surface area contributed by atoms with Crippen LogP contribution in [0, 0.1) is 5.41 Å². The van der Waals surface area contributed by atoms with Crippen molar-refractivity contribution in [3.63, 3.8) is 0 Å². The Morgan fingerprint density at radius 3 is 2.96 bits per heavy atom. The maximum Gasteiger partial charge on any atom is 0.351 e. The fraction of sp³-hybridized carbons (Fsp3) is 0.688. The number of nitrogen functional groups attached to an aromatic ring is 1. The molecule has 1 aliphatic rings. The van der Waals surface area contributed by atoms with Crippen LogP contribution in [0.2, 0.25) is 0 Å². The summed E-state index contributed by atoms with van der Waals surface area (Å²) in [6.07, 6.45) is 2.95. The van der Waals surface area contributed by atoms with Gasteiger partial charge >= 0.3 is 11.7 Å². The van der Waals surface area contributed by atoms with E-state index in [9.17, 15) is 9.59 Å². The minimum Gasteiger partial charge on any atom is -0.460 e. The number of carbonyl (C=O) groups excluding carboxylic acids is 1. The van der Waals surface area contributed by atoms with E-state index in [0.717, 1.165) is 19.3 Å². The first-order valence-electron chi connectivity index (χ1n) is 8.12. The van der Waals surface area contributed by atoms with Crippen LogP contribution < -0.4 is 11.4 Å². The molecule has 0 saturated carbocycles. The molecule has 0 radical (unpaired) electrons. The Labute approximate surface area is 140 Å². The largest absolute Gasteiger partial charge is 0.460 e. The molecule has 2 heterocycles. The van der Waals surface area contributed by atoms with Crippen molar-refractivity contribution in [3.8, 4) is 0 Å². The van der Waals surface area contributed by atoms with Gasteiger partial charge in [0.05, 0.1) is 12.0 Å². The second-order valence-electron chi connectivity index (χ2n) is 6.48. The number of anilines is 1. The molecule has 1 fully saturated rings. The van der Waals surface area contributed by atoms with Gasteiger partial charge in [-0.1, -0.05) is 19.8 Å². The first kappa shape index (κ1) is 18.4. The third-order valence-corrected chi connectivity index (χ3v) is 3.95. The Morgan fingerprint density at radius 1 is 1.54 bits per heavy atom. The van der Waals surface area contributed by atoms with Crippen molar-refractivity contribution in [2.75, 3.05) is 18.9 Å². The first-order valence-corrected chi connectivity index (χ1v) is 8.12. The summed E-state index contributed by atoms with van der Waals surface area (Å²) >= 11 is 0. The van der Waals surface area contributed by atoms with E-state index in [1.165, 1.54) is 16.8 Å². The lowest BCUT2D eigenvalue weighted by Crippen LogP contribution is -2.31. The quantitative estimate of drug-likeness (QED) is 0.750. The molecule has 8 nitrogen and oxygen atoms in total. The molecule has 1 aromatic heterocycles. The lowest BCUT2D eigenvalue weighted by Gasteiger charge is -2.23. The summed E-state index contributed by atoms with van der Waals surface area (Å²) in [7, 11) is 0. The van der Waals surface area contributed by atoms with Gasteiger partial charge in [0.1, 0.15) is 12.4 Å². The van der Waals surface area contributed by atoms with E-state index >= 15 is 0 Å². The Kier molecular flexibility index (Phi) is 5.95. The molecule has 134 valence electrons. The van der Waals surface area contributed by atoms with Crippen molar-refractivity contribution in [1.29, 1.82) is 0 Å². The predicted molar refractivity (Wildman–Crippen MR) is 87.0 cm³/mol. The van der Waals surface area contributed by atoms with Gasteiger partial charge in [-0.05, 0) is 26.3 Å². The Bertz CT molecular complexity index is 628. The maximum atomic E-state index is 12.2. The van der Waals surface area contributed by atoms with E-state index in [0.29, 0.717) is 0 Å². The van der Waals surface area contributed by atoms with E-state index < -0.39 is 23.6 Å². The molecule has 2 rings (SSSR count). The molecule has 0 unspecified atom stereocenters. The van der Waals surface area contributed by atoms with Gasteiger partial charge in [-0.2, -0.15) is 4.98 Å². The number of rotatable bonds is 7. The monoisotopic (exact) mass is 339 g/mol. The number of aromatic nitrogens is 2. The zero-order valence-corrected chi connectivity index (χ0v) is 14.4. The average molecular weight is 339 g/mol. The number of ether oxygens (including phenoxy) is 3. The van der Waals surface area contributed by atoms with Crippen LogP contribution in [0.3, 0.4) is 0 Å². The molecule has 24 heavy (non-hydrogen) atoms. The third kappa shape index (κ3) is 4.55. The van der Waals surface area contributed by atoms with Gasteiger partial charge in [0.15, 0.2) is 12.5 Å². The summed E-state index contributed by atoms with van der Waals surface area (Å²) in [5, 5.41) is 0. The normalized spacial score (nSPS) is 21.0. The zero-order valence-electron chi connectivity index (χ0n) is 14.4. The molecular formula is C16H25N3O5. The minimum atomic E-state index is -0.703. The molecule has 0 aromatic carbocycles. The summed E-state index contributed by atoms with van der Waals surface area (Å²) in [6, 6.07) is 1.51. The summed E-state index contributed by atoms with van der Waals surface area (Å²) in [4.78, 5) is 27.6. The molecule has 1 aliphatic heterocycles. The highest BCUT2D eigenvalue weighted by Crippen LogP contribution is 2.26. The van der Waals surface area contributed by atoms with Crippen LogP contribution in [0.5, 0.6) is 0 Å². The second kappa shape index (κ2) is 7.76. The number of hydrogen-bond donors (Lipinski definition) is 1. The van der Waals surface area contributed by atoms with E-state index in [-0.39, 0.29) is 25.0 Å². The number of unbranched alkanes of at least 4 members (excludes halogenated alkanes) is 1. The number of esters is 1. The number of carbonyl (C=O) groups is 1. The van der Waals surface area contributed by atoms with Gasteiger partial charge in [0.25, 0.3) is 0 Å². The molecule has 2 atom stereocenters. The lowest BCUT2D eigenvalue weighted by molar-refractivity contribution is -0.168. The van der Waals surface area contributed by atoms with Gasteiger partial charge in [-0.25, -0.2) is 4.79 Å². The van der Waals surface area contributed by atoms with Gasteiger partial charge in [0.2, 0.25) is 0 Å². The van der Waals surface area contributed by atoms with Gasteiger partial charge < -0.3 is 19.9 Å². The molecule has 0 aliphatic carbocycles. The highest BCUT2D eigenvalue weighted by atomic mass is 16.7. The minimum absolute atomic E-state index is 0.0119. The fourth-order valence-electron chi connectivity index (χ4n) is 2.38. The van der Waals surface area contributed by atoms with Gasteiger partial charge in [-0.15, -0.1) is 0 Å². The summed E-state index contributed by atoms with van der Waals surface area (Å²) < 4.78 is 17.6. The molecule has 1 aromatic rings. The molecule has 8 heteroatoms. The third-order valence-electron chi connectivity index (χ3n) is 3.95. The summed E-state index contributed by atoms with van der Waals surface area (Å²) in [6.45, 7) is 5.97. The Morgan fingerprint density at radius 2 is 2.29 bits per heavy atom. The van der Waals surface area contributed by atoms with Crippen molar-refractivity contribution in [2.24, 2.45) is 5.41 Å². The first-order chi connectivity index (χ1) is 11.3. The molecule has 2 N–H and O–H groups in total. The van der Waals surface area contributed by atoms with E-state index in [1.54, 1.807) is 0 Å². The highest BCUT2D eigenvalue weighted by Gasteiger charge is 2.32. The van der Waals surface area contributed by atoms with Crippen LogP contribution in [0.15, 0.2) is 17.1 Å². The molecule has 0 bridgehead atoms. The van der Waals surface area contributed by atoms with Crippen LogP contribution in [0.1, 0.15) is 46.3 Å². The maximum absolute atomic E-state index is 12.2. The highest BCUT2D eigenvalue weighted by molar-refractivity contribution is 5.75. The number of nitrogens with zero attached hydrogens (tertiary/aromatic N) is 2.